The molecule has 2 aromatic carbocycles. The van der Waals surface area contributed by atoms with Crippen LogP contribution in [0.4, 0.5) is 26.2 Å². The number of hydrogen-bond donors (Lipinski definition) is 2. The third-order valence-corrected chi connectivity index (χ3v) is 5.15. The molecular formula is C22H18FN7O2S. The molecule has 166 valence electrons. The number of hydrogen-bond acceptors (Lipinski definition) is 5. The van der Waals surface area contributed by atoms with Gasteiger partial charge in [-0.05, 0) is 65.8 Å². The number of ether oxygens (including phenoxy) is 1. The molecule has 1 amide bonds. The molecule has 1 atom stereocenters. The Hall–Kier alpha value is -4.21. The van der Waals surface area contributed by atoms with Crippen LogP contribution in [0.15, 0.2) is 72.1 Å². The summed E-state index contributed by atoms with van der Waals surface area (Å²) in [6.07, 6.45) is 2.17. The third kappa shape index (κ3) is 5.35. The highest BCUT2D eigenvalue weighted by Gasteiger charge is 2.32. The monoisotopic (exact) mass is 463 g/mol. The van der Waals surface area contributed by atoms with Crippen molar-refractivity contribution in [3.63, 3.8) is 0 Å². The fourth-order valence-corrected chi connectivity index (χ4v) is 3.52. The molecule has 1 fully saturated rings. The number of azide groups is 1. The molecular weight excluding hydrogens is 445 g/mol. The second-order valence-electron chi connectivity index (χ2n) is 7.09. The van der Waals surface area contributed by atoms with Gasteiger partial charge in [0.25, 0.3) is 0 Å². The fraction of sp³-hybridized carbons (Fsp3) is 0.136. The van der Waals surface area contributed by atoms with Gasteiger partial charge in [-0.25, -0.2) is 9.18 Å². The smallest absolute Gasteiger partial charge is 0.414 e. The number of benzene rings is 2. The van der Waals surface area contributed by atoms with E-state index in [4.69, 9.17) is 22.5 Å². The molecule has 1 saturated heterocycles. The van der Waals surface area contributed by atoms with Crippen LogP contribution in [0.1, 0.15) is 0 Å². The number of nitrogens with zero attached hydrogens (tertiary/aromatic N) is 5. The van der Waals surface area contributed by atoms with E-state index in [9.17, 15) is 9.18 Å². The maximum Gasteiger partial charge on any atom is 0.414 e. The van der Waals surface area contributed by atoms with E-state index in [1.165, 1.54) is 11.0 Å². The quantitative estimate of drug-likeness (QED) is 0.226. The van der Waals surface area contributed by atoms with E-state index >= 15 is 0 Å². The summed E-state index contributed by atoms with van der Waals surface area (Å²) in [5, 5.41) is 9.84. The molecule has 2 N–H and O–H groups in total. The molecule has 4 rings (SSSR count). The number of carbonyl (C=O) groups is 1. The zero-order valence-electron chi connectivity index (χ0n) is 17.2. The minimum absolute atomic E-state index is 0.253. The summed E-state index contributed by atoms with van der Waals surface area (Å²) in [7, 11) is 0. The van der Waals surface area contributed by atoms with Gasteiger partial charge in [-0.15, -0.1) is 0 Å². The van der Waals surface area contributed by atoms with Crippen molar-refractivity contribution in [3.8, 4) is 11.1 Å². The number of carbonyl (C=O) groups excluding carboxylic acids is 1. The maximum absolute atomic E-state index is 14.7. The van der Waals surface area contributed by atoms with Crippen molar-refractivity contribution in [2.75, 3.05) is 23.3 Å². The summed E-state index contributed by atoms with van der Waals surface area (Å²) in [4.78, 5) is 20.4. The average Bonchev–Trinajstić information content (AvgIpc) is 3.20. The van der Waals surface area contributed by atoms with Crippen LogP contribution in [0.25, 0.3) is 21.6 Å². The number of thiocarbonyl (C=S) groups is 1. The topological polar surface area (TPSA) is 115 Å². The summed E-state index contributed by atoms with van der Waals surface area (Å²) in [5.74, 6) is -0.440. The van der Waals surface area contributed by atoms with Crippen LogP contribution in [0.2, 0.25) is 0 Å². The highest BCUT2D eigenvalue weighted by molar-refractivity contribution is 7.80. The Morgan fingerprint density at radius 3 is 2.70 bits per heavy atom. The van der Waals surface area contributed by atoms with Crippen molar-refractivity contribution in [1.82, 2.24) is 10.3 Å². The van der Waals surface area contributed by atoms with E-state index < -0.39 is 18.0 Å². The predicted octanol–water partition coefficient (Wildman–Crippen LogP) is 5.14. The molecule has 11 heteroatoms. The highest BCUT2D eigenvalue weighted by Crippen LogP contribution is 2.28. The van der Waals surface area contributed by atoms with Gasteiger partial charge in [0.1, 0.15) is 11.9 Å². The molecule has 0 bridgehead atoms. The van der Waals surface area contributed by atoms with Gasteiger partial charge in [-0.1, -0.05) is 17.2 Å². The molecule has 0 saturated carbocycles. The predicted molar refractivity (Wildman–Crippen MR) is 127 cm³/mol. The number of rotatable bonds is 6. The van der Waals surface area contributed by atoms with E-state index in [1.54, 1.807) is 60.9 Å². The van der Waals surface area contributed by atoms with Crippen LogP contribution in [-0.2, 0) is 4.74 Å². The molecule has 1 aromatic heterocycles. The normalized spacial score (nSPS) is 14.9. The zero-order valence-corrected chi connectivity index (χ0v) is 18.0. The first-order valence-electron chi connectivity index (χ1n) is 9.91. The van der Waals surface area contributed by atoms with Gasteiger partial charge in [0.05, 0.1) is 18.8 Å². The van der Waals surface area contributed by atoms with Crippen molar-refractivity contribution in [3.05, 3.63) is 83.3 Å². The molecule has 3 aromatic rings. The fourth-order valence-electron chi connectivity index (χ4n) is 3.32. The molecule has 2 heterocycles. The number of halogens is 1. The van der Waals surface area contributed by atoms with Crippen molar-refractivity contribution < 1.29 is 13.9 Å². The minimum atomic E-state index is -0.551. The lowest BCUT2D eigenvalue weighted by atomic mass is 10.1. The summed E-state index contributed by atoms with van der Waals surface area (Å²) < 4.78 is 20.1. The summed E-state index contributed by atoms with van der Waals surface area (Å²) >= 11 is 5.27. The van der Waals surface area contributed by atoms with E-state index in [2.05, 4.69) is 25.6 Å². The molecule has 33 heavy (non-hydrogen) atoms. The van der Waals surface area contributed by atoms with Gasteiger partial charge in [0.15, 0.2) is 5.11 Å². The number of anilines is 2. The van der Waals surface area contributed by atoms with E-state index in [1.807, 2.05) is 0 Å². The molecule has 0 spiro atoms. The number of pyridine rings is 1. The van der Waals surface area contributed by atoms with Crippen molar-refractivity contribution in [2.24, 2.45) is 5.11 Å². The number of aromatic nitrogens is 1. The number of cyclic esters (lactones) is 1. The van der Waals surface area contributed by atoms with Crippen molar-refractivity contribution in [1.29, 1.82) is 0 Å². The summed E-state index contributed by atoms with van der Waals surface area (Å²) in [5.41, 5.74) is 11.2. The Morgan fingerprint density at radius 2 is 2.00 bits per heavy atom. The molecule has 9 nitrogen and oxygen atoms in total. The second kappa shape index (κ2) is 9.94. The third-order valence-electron chi connectivity index (χ3n) is 4.91. The molecule has 1 aliphatic rings. The van der Waals surface area contributed by atoms with Crippen LogP contribution in [0.5, 0.6) is 0 Å². The molecule has 1 aliphatic heterocycles. The number of amides is 1. The first-order valence-corrected chi connectivity index (χ1v) is 10.3. The SMILES string of the molecule is [N-]=[N+]=Nc1ccc(NC(=S)NC[C@H]2CN(c3ccc(-c4ccncc4)c(F)c3)C(=O)O2)cc1. The zero-order chi connectivity index (χ0) is 23.2. The Labute approximate surface area is 193 Å². The van der Waals surface area contributed by atoms with Gasteiger partial charge in [0.2, 0.25) is 0 Å². The number of nitrogens with one attached hydrogen (secondary N) is 2. The lowest BCUT2D eigenvalue weighted by Gasteiger charge is -2.15. The van der Waals surface area contributed by atoms with Crippen LogP contribution in [0.3, 0.4) is 0 Å². The first-order chi connectivity index (χ1) is 16.0. The van der Waals surface area contributed by atoms with E-state index in [0.717, 1.165) is 0 Å². The van der Waals surface area contributed by atoms with Gasteiger partial charge >= 0.3 is 6.09 Å². The van der Waals surface area contributed by atoms with Gasteiger partial charge in [-0.3, -0.25) is 9.88 Å². The Bertz CT molecular complexity index is 1220. The van der Waals surface area contributed by atoms with Crippen LogP contribution >= 0.6 is 12.2 Å². The summed E-state index contributed by atoms with van der Waals surface area (Å²) in [6.45, 7) is 0.534. The van der Waals surface area contributed by atoms with Crippen LogP contribution < -0.4 is 15.5 Å². The molecule has 0 aliphatic carbocycles. The minimum Gasteiger partial charge on any atom is -0.442 e. The second-order valence-corrected chi connectivity index (χ2v) is 7.50. The summed E-state index contributed by atoms with van der Waals surface area (Å²) in [6, 6.07) is 14.8. The molecule has 0 unspecified atom stereocenters. The first kappa shape index (κ1) is 22.0. The average molecular weight is 463 g/mol. The lowest BCUT2D eigenvalue weighted by molar-refractivity contribution is 0.143. The largest absolute Gasteiger partial charge is 0.442 e. The van der Waals surface area contributed by atoms with Gasteiger partial charge in [0, 0.05) is 34.2 Å². The Balaban J connectivity index is 1.33. The van der Waals surface area contributed by atoms with Crippen LogP contribution in [-0.4, -0.2) is 35.4 Å². The Kier molecular flexibility index (Phi) is 6.63. The Morgan fingerprint density at radius 1 is 1.24 bits per heavy atom. The van der Waals surface area contributed by atoms with Crippen molar-refractivity contribution >= 4 is 40.5 Å². The standard InChI is InChI=1S/C22H18FN7O2S/c23-20-11-17(5-6-19(20)14-7-9-25-10-8-14)30-13-18(32-22(30)31)12-26-21(33)27-15-1-3-16(4-2-15)28-29-24/h1-11,18H,12-13H2,(H2,26,27,33)/t18-/m0/s1. The molecule has 0 radical (unpaired) electrons. The maximum atomic E-state index is 14.7. The van der Waals surface area contributed by atoms with Crippen LogP contribution in [0, 0.1) is 5.82 Å². The van der Waals surface area contributed by atoms with E-state index in [-0.39, 0.29) is 13.1 Å². The van der Waals surface area contributed by atoms with Gasteiger partial charge < -0.3 is 15.4 Å². The van der Waals surface area contributed by atoms with E-state index in [0.29, 0.717) is 33.3 Å². The highest BCUT2D eigenvalue weighted by atomic mass is 32.1. The van der Waals surface area contributed by atoms with Crippen molar-refractivity contribution in [2.45, 2.75) is 6.10 Å². The lowest BCUT2D eigenvalue weighted by Crippen LogP contribution is -2.37. The van der Waals surface area contributed by atoms with Gasteiger partial charge in [-0.2, -0.15) is 0 Å².